The lowest BCUT2D eigenvalue weighted by Crippen LogP contribution is -2.29. The summed E-state index contributed by atoms with van der Waals surface area (Å²) in [5, 5.41) is 10.6. The largest absolute Gasteiger partial charge is 0.407 e. The van der Waals surface area contributed by atoms with Crippen LogP contribution in [0.4, 0.5) is 18.9 Å². The standard InChI is InChI=1S/C8H6BrF3N2O2/c9-4-1-2-5(6(3-4)14(15)16)7(13)8(10,11)12/h1-3,7H,13H2/t7-/m0/s1. The van der Waals surface area contributed by atoms with Gasteiger partial charge in [-0.15, -0.1) is 0 Å². The Bertz CT molecular complexity index is 422. The average Bonchev–Trinajstić information content (AvgIpc) is 2.15. The van der Waals surface area contributed by atoms with Crippen molar-refractivity contribution < 1.29 is 18.1 Å². The lowest BCUT2D eigenvalue weighted by Gasteiger charge is -2.15. The fraction of sp³-hybridized carbons (Fsp3) is 0.250. The van der Waals surface area contributed by atoms with Gasteiger partial charge in [-0.3, -0.25) is 10.1 Å². The van der Waals surface area contributed by atoms with Crippen LogP contribution < -0.4 is 5.73 Å². The molecule has 0 aromatic heterocycles. The van der Waals surface area contributed by atoms with E-state index in [2.05, 4.69) is 15.9 Å². The zero-order valence-electron chi connectivity index (χ0n) is 7.66. The topological polar surface area (TPSA) is 69.2 Å². The predicted molar refractivity (Wildman–Crippen MR) is 53.8 cm³/mol. The molecule has 0 saturated carbocycles. The molecule has 0 unspecified atom stereocenters. The second kappa shape index (κ2) is 4.38. The minimum atomic E-state index is -4.71. The zero-order chi connectivity index (χ0) is 12.5. The highest BCUT2D eigenvalue weighted by Gasteiger charge is 2.41. The number of halogens is 4. The molecule has 1 aromatic rings. The Morgan fingerprint density at radius 2 is 2.00 bits per heavy atom. The first kappa shape index (κ1) is 12.9. The van der Waals surface area contributed by atoms with Gasteiger partial charge in [0.05, 0.1) is 10.5 Å². The molecule has 0 aliphatic carbocycles. The van der Waals surface area contributed by atoms with Gasteiger partial charge < -0.3 is 5.73 Å². The smallest absolute Gasteiger partial charge is 0.316 e. The zero-order valence-corrected chi connectivity index (χ0v) is 9.25. The van der Waals surface area contributed by atoms with Gasteiger partial charge in [0, 0.05) is 10.5 Å². The summed E-state index contributed by atoms with van der Waals surface area (Å²) in [6.45, 7) is 0. The summed E-state index contributed by atoms with van der Waals surface area (Å²) in [6.07, 6.45) is -4.71. The van der Waals surface area contributed by atoms with Crippen molar-refractivity contribution in [3.63, 3.8) is 0 Å². The quantitative estimate of drug-likeness (QED) is 0.674. The normalized spacial score (nSPS) is 13.6. The van der Waals surface area contributed by atoms with Crippen LogP contribution in [0, 0.1) is 10.1 Å². The van der Waals surface area contributed by atoms with Crippen LogP contribution in [-0.2, 0) is 0 Å². The van der Waals surface area contributed by atoms with Gasteiger partial charge in [0.25, 0.3) is 5.69 Å². The molecule has 1 aromatic carbocycles. The number of hydrogen-bond donors (Lipinski definition) is 1. The van der Waals surface area contributed by atoms with Gasteiger partial charge >= 0.3 is 6.18 Å². The first-order valence-electron chi connectivity index (χ1n) is 3.99. The number of nitrogens with zero attached hydrogens (tertiary/aromatic N) is 1. The number of hydrogen-bond acceptors (Lipinski definition) is 3. The Labute approximate surface area is 96.5 Å². The van der Waals surface area contributed by atoms with Gasteiger partial charge in [-0.1, -0.05) is 15.9 Å². The molecule has 0 aliphatic rings. The third-order valence-corrected chi connectivity index (χ3v) is 2.37. The highest BCUT2D eigenvalue weighted by molar-refractivity contribution is 9.10. The highest BCUT2D eigenvalue weighted by Crippen LogP contribution is 2.36. The van der Waals surface area contributed by atoms with Crippen LogP contribution in [0.25, 0.3) is 0 Å². The first-order valence-corrected chi connectivity index (χ1v) is 4.79. The van der Waals surface area contributed by atoms with Gasteiger partial charge in [-0.25, -0.2) is 0 Å². The van der Waals surface area contributed by atoms with Crippen LogP contribution in [0.5, 0.6) is 0 Å². The molecule has 0 heterocycles. The molecule has 2 N–H and O–H groups in total. The lowest BCUT2D eigenvalue weighted by atomic mass is 10.1. The van der Waals surface area contributed by atoms with Crippen molar-refractivity contribution in [2.24, 2.45) is 5.73 Å². The maximum Gasteiger partial charge on any atom is 0.407 e. The van der Waals surface area contributed by atoms with E-state index in [1.54, 1.807) is 0 Å². The molecule has 0 spiro atoms. The molecule has 0 radical (unpaired) electrons. The molecule has 0 fully saturated rings. The van der Waals surface area contributed by atoms with E-state index in [1.807, 2.05) is 0 Å². The van der Waals surface area contributed by atoms with Gasteiger partial charge in [-0.2, -0.15) is 13.2 Å². The van der Waals surface area contributed by atoms with Gasteiger partial charge in [-0.05, 0) is 12.1 Å². The van der Waals surface area contributed by atoms with Crippen molar-refractivity contribution >= 4 is 21.6 Å². The summed E-state index contributed by atoms with van der Waals surface area (Å²) in [6, 6.07) is 0.885. The Hall–Kier alpha value is -1.15. The molecule has 0 aliphatic heterocycles. The number of rotatable bonds is 2. The van der Waals surface area contributed by atoms with Crippen molar-refractivity contribution in [3.05, 3.63) is 38.3 Å². The molecule has 0 bridgehead atoms. The Morgan fingerprint density at radius 3 is 2.44 bits per heavy atom. The van der Waals surface area contributed by atoms with E-state index in [0.717, 1.165) is 12.1 Å². The van der Waals surface area contributed by atoms with Gasteiger partial charge in [0.15, 0.2) is 0 Å². The summed E-state index contributed by atoms with van der Waals surface area (Å²) in [7, 11) is 0. The third-order valence-electron chi connectivity index (χ3n) is 1.88. The molecule has 1 rings (SSSR count). The van der Waals surface area contributed by atoms with Crippen LogP contribution in [0.1, 0.15) is 11.6 Å². The molecule has 0 amide bonds. The molecule has 16 heavy (non-hydrogen) atoms. The number of nitro groups is 1. The maximum absolute atomic E-state index is 12.3. The second-order valence-corrected chi connectivity index (χ2v) is 3.90. The van der Waals surface area contributed by atoms with Gasteiger partial charge in [0.2, 0.25) is 0 Å². The molecule has 4 nitrogen and oxygen atoms in total. The number of benzene rings is 1. The van der Waals surface area contributed by atoms with Crippen LogP contribution in [-0.4, -0.2) is 11.1 Å². The van der Waals surface area contributed by atoms with Crippen molar-refractivity contribution in [3.8, 4) is 0 Å². The average molecular weight is 299 g/mol. The maximum atomic E-state index is 12.3. The van der Waals surface area contributed by atoms with Crippen LogP contribution in [0.15, 0.2) is 22.7 Å². The Morgan fingerprint density at radius 1 is 1.44 bits per heavy atom. The number of alkyl halides is 3. The minimum Gasteiger partial charge on any atom is -0.316 e. The predicted octanol–water partition coefficient (Wildman–Crippen LogP) is 2.92. The second-order valence-electron chi connectivity index (χ2n) is 2.98. The van der Waals surface area contributed by atoms with Gasteiger partial charge in [0.1, 0.15) is 6.04 Å². The molecule has 8 heteroatoms. The van der Waals surface area contributed by atoms with Crippen molar-refractivity contribution in [1.82, 2.24) is 0 Å². The molecular formula is C8H6BrF3N2O2. The molecular weight excluding hydrogens is 293 g/mol. The van der Waals surface area contributed by atoms with E-state index in [0.29, 0.717) is 4.47 Å². The minimum absolute atomic E-state index is 0.317. The number of nitro benzene ring substituents is 1. The fourth-order valence-corrected chi connectivity index (χ4v) is 1.46. The van der Waals surface area contributed by atoms with Crippen LogP contribution >= 0.6 is 15.9 Å². The van der Waals surface area contributed by atoms with Crippen molar-refractivity contribution in [1.29, 1.82) is 0 Å². The SMILES string of the molecule is N[C@@H](c1ccc(Br)cc1[N+](=O)[O-])C(F)(F)F. The van der Waals surface area contributed by atoms with E-state index in [4.69, 9.17) is 5.73 Å². The Kier molecular flexibility index (Phi) is 3.54. The van der Waals surface area contributed by atoms with E-state index in [1.165, 1.54) is 6.07 Å². The van der Waals surface area contributed by atoms with E-state index >= 15 is 0 Å². The van der Waals surface area contributed by atoms with Crippen LogP contribution in [0.2, 0.25) is 0 Å². The summed E-state index contributed by atoms with van der Waals surface area (Å²) in [5.74, 6) is 0. The molecule has 1 atom stereocenters. The summed E-state index contributed by atoms with van der Waals surface area (Å²) in [4.78, 5) is 9.67. The highest BCUT2D eigenvalue weighted by atomic mass is 79.9. The van der Waals surface area contributed by atoms with E-state index in [9.17, 15) is 23.3 Å². The van der Waals surface area contributed by atoms with E-state index < -0.39 is 28.4 Å². The number of nitrogens with two attached hydrogens (primary N) is 1. The fourth-order valence-electron chi connectivity index (χ4n) is 1.11. The van der Waals surface area contributed by atoms with Crippen molar-refractivity contribution in [2.45, 2.75) is 12.2 Å². The Balaban J connectivity index is 3.28. The third kappa shape index (κ3) is 2.70. The monoisotopic (exact) mass is 298 g/mol. The van der Waals surface area contributed by atoms with Crippen molar-refractivity contribution in [2.75, 3.05) is 0 Å². The molecule has 88 valence electrons. The first-order chi connectivity index (χ1) is 7.23. The molecule has 0 saturated heterocycles. The van der Waals surface area contributed by atoms with Crippen LogP contribution in [0.3, 0.4) is 0 Å². The summed E-state index contributed by atoms with van der Waals surface area (Å²) in [5.41, 5.74) is 3.71. The summed E-state index contributed by atoms with van der Waals surface area (Å²) >= 11 is 2.94. The lowest BCUT2D eigenvalue weighted by molar-refractivity contribution is -0.386. The van der Waals surface area contributed by atoms with E-state index in [-0.39, 0.29) is 0 Å². The summed E-state index contributed by atoms with van der Waals surface area (Å²) < 4.78 is 37.3.